The third kappa shape index (κ3) is 1.40. The van der Waals surface area contributed by atoms with E-state index in [4.69, 9.17) is 10.2 Å². The maximum absolute atomic E-state index is 6.00. The van der Waals surface area contributed by atoms with Crippen LogP contribution in [-0.2, 0) is 0 Å². The lowest BCUT2D eigenvalue weighted by atomic mass is 10.0. The minimum atomic E-state index is 0.257. The summed E-state index contributed by atoms with van der Waals surface area (Å²) in [5.74, 6) is 1.42. The Bertz CT molecular complexity index is 348. The van der Waals surface area contributed by atoms with Crippen LogP contribution >= 0.6 is 0 Å². The number of nitrogens with two attached hydrogens (primary N) is 1. The molecule has 1 heterocycles. The Kier molecular flexibility index (Phi) is 2.04. The molecule has 0 aliphatic heterocycles. The molecule has 1 aromatic rings. The second kappa shape index (κ2) is 2.99. The first-order chi connectivity index (χ1) is 6.53. The van der Waals surface area contributed by atoms with Gasteiger partial charge in [-0.2, -0.15) is 0 Å². The van der Waals surface area contributed by atoms with Gasteiger partial charge in [0, 0.05) is 12.0 Å². The molecule has 0 saturated heterocycles. The molecule has 0 unspecified atom stereocenters. The largest absolute Gasteiger partial charge is 0.465 e. The first kappa shape index (κ1) is 9.53. The van der Waals surface area contributed by atoms with Crippen molar-refractivity contribution < 1.29 is 4.42 Å². The van der Waals surface area contributed by atoms with E-state index in [9.17, 15) is 0 Å². The SMILES string of the molecule is C/C(=C/c1ccco1)[C@@H]1[C@@H](N)C1(C)C. The van der Waals surface area contributed by atoms with Crippen LogP contribution in [0.5, 0.6) is 0 Å². The lowest BCUT2D eigenvalue weighted by molar-refractivity contribution is 0.554. The van der Waals surface area contributed by atoms with E-state index < -0.39 is 0 Å². The molecule has 2 heteroatoms. The van der Waals surface area contributed by atoms with Gasteiger partial charge in [-0.1, -0.05) is 19.4 Å². The Morgan fingerprint density at radius 1 is 1.57 bits per heavy atom. The first-order valence-corrected chi connectivity index (χ1v) is 5.01. The van der Waals surface area contributed by atoms with Gasteiger partial charge in [-0.15, -0.1) is 0 Å². The summed E-state index contributed by atoms with van der Waals surface area (Å²) >= 11 is 0. The van der Waals surface area contributed by atoms with Crippen LogP contribution in [0.2, 0.25) is 0 Å². The molecule has 0 spiro atoms. The van der Waals surface area contributed by atoms with Crippen LogP contribution in [0.25, 0.3) is 6.08 Å². The molecule has 0 bridgehead atoms. The number of hydrogen-bond acceptors (Lipinski definition) is 2. The summed E-state index contributed by atoms with van der Waals surface area (Å²) in [6.45, 7) is 6.55. The standard InChI is InChI=1S/C12H17NO/c1-8(7-9-5-4-6-14-9)10-11(13)12(10,2)3/h4-7,10-11H,13H2,1-3H3/b8-7-/t10-,11-/m1/s1. The molecule has 2 rings (SSSR count). The highest BCUT2D eigenvalue weighted by molar-refractivity contribution is 5.50. The lowest BCUT2D eigenvalue weighted by Crippen LogP contribution is -2.06. The highest BCUT2D eigenvalue weighted by Gasteiger charge is 2.55. The number of rotatable bonds is 2. The summed E-state index contributed by atoms with van der Waals surface area (Å²) in [6.07, 6.45) is 3.77. The summed E-state index contributed by atoms with van der Waals surface area (Å²) in [4.78, 5) is 0. The molecular weight excluding hydrogens is 174 g/mol. The van der Waals surface area contributed by atoms with Crippen LogP contribution in [0.4, 0.5) is 0 Å². The molecule has 2 atom stereocenters. The maximum Gasteiger partial charge on any atom is 0.126 e. The monoisotopic (exact) mass is 191 g/mol. The van der Waals surface area contributed by atoms with Crippen LogP contribution in [-0.4, -0.2) is 6.04 Å². The van der Waals surface area contributed by atoms with E-state index in [1.807, 2.05) is 12.1 Å². The van der Waals surface area contributed by atoms with Gasteiger partial charge in [-0.05, 0) is 30.5 Å². The van der Waals surface area contributed by atoms with E-state index in [-0.39, 0.29) is 5.41 Å². The normalized spacial score (nSPS) is 30.4. The molecular formula is C12H17NO. The van der Waals surface area contributed by atoms with E-state index in [1.54, 1.807) is 6.26 Å². The van der Waals surface area contributed by atoms with Gasteiger partial charge in [0.1, 0.15) is 5.76 Å². The molecule has 1 fully saturated rings. The second-order valence-corrected chi connectivity index (χ2v) is 4.73. The summed E-state index contributed by atoms with van der Waals surface area (Å²) in [7, 11) is 0. The van der Waals surface area contributed by atoms with Gasteiger partial charge in [0.05, 0.1) is 6.26 Å². The Balaban J connectivity index is 2.15. The van der Waals surface area contributed by atoms with Crippen LogP contribution in [0.1, 0.15) is 26.5 Å². The molecule has 2 nitrogen and oxygen atoms in total. The van der Waals surface area contributed by atoms with Crippen LogP contribution in [0, 0.1) is 11.3 Å². The Morgan fingerprint density at radius 3 is 2.64 bits per heavy atom. The average molecular weight is 191 g/mol. The topological polar surface area (TPSA) is 39.2 Å². The Morgan fingerprint density at radius 2 is 2.21 bits per heavy atom. The molecule has 0 amide bonds. The van der Waals surface area contributed by atoms with Crippen molar-refractivity contribution >= 4 is 6.08 Å². The van der Waals surface area contributed by atoms with Crippen molar-refractivity contribution in [2.75, 3.05) is 0 Å². The third-order valence-corrected chi connectivity index (χ3v) is 3.31. The van der Waals surface area contributed by atoms with Crippen molar-refractivity contribution in [3.63, 3.8) is 0 Å². The summed E-state index contributed by atoms with van der Waals surface area (Å²) in [5, 5.41) is 0. The molecule has 1 aliphatic carbocycles. The van der Waals surface area contributed by atoms with Crippen molar-refractivity contribution in [1.82, 2.24) is 0 Å². The van der Waals surface area contributed by atoms with Crippen molar-refractivity contribution in [2.24, 2.45) is 17.1 Å². The lowest BCUT2D eigenvalue weighted by Gasteiger charge is -2.01. The summed E-state index contributed by atoms with van der Waals surface area (Å²) < 4.78 is 5.27. The first-order valence-electron chi connectivity index (χ1n) is 5.01. The molecule has 76 valence electrons. The van der Waals surface area contributed by atoms with Gasteiger partial charge in [0.25, 0.3) is 0 Å². The van der Waals surface area contributed by atoms with Crippen molar-refractivity contribution in [2.45, 2.75) is 26.8 Å². The summed E-state index contributed by atoms with van der Waals surface area (Å²) in [5.41, 5.74) is 7.58. The van der Waals surface area contributed by atoms with E-state index in [1.165, 1.54) is 5.57 Å². The van der Waals surface area contributed by atoms with E-state index >= 15 is 0 Å². The van der Waals surface area contributed by atoms with Crippen LogP contribution < -0.4 is 5.73 Å². The zero-order chi connectivity index (χ0) is 10.3. The van der Waals surface area contributed by atoms with Crippen molar-refractivity contribution in [3.05, 3.63) is 29.7 Å². The van der Waals surface area contributed by atoms with Gasteiger partial charge in [0.15, 0.2) is 0 Å². The number of hydrogen-bond donors (Lipinski definition) is 1. The quantitative estimate of drug-likeness (QED) is 0.780. The molecule has 1 aromatic heterocycles. The fraction of sp³-hybridized carbons (Fsp3) is 0.500. The fourth-order valence-corrected chi connectivity index (χ4v) is 2.24. The summed E-state index contributed by atoms with van der Waals surface area (Å²) in [6, 6.07) is 4.16. The molecule has 1 aliphatic rings. The molecule has 1 saturated carbocycles. The Labute approximate surface area is 84.8 Å². The van der Waals surface area contributed by atoms with Crippen molar-refractivity contribution in [1.29, 1.82) is 0 Å². The molecule has 2 N–H and O–H groups in total. The smallest absolute Gasteiger partial charge is 0.126 e. The maximum atomic E-state index is 6.00. The molecule has 14 heavy (non-hydrogen) atoms. The average Bonchev–Trinajstić information content (AvgIpc) is 2.55. The van der Waals surface area contributed by atoms with E-state index in [0.717, 1.165) is 5.76 Å². The van der Waals surface area contributed by atoms with E-state index in [0.29, 0.717) is 12.0 Å². The predicted octanol–water partition coefficient (Wildman–Crippen LogP) is 2.67. The minimum Gasteiger partial charge on any atom is -0.465 e. The van der Waals surface area contributed by atoms with Gasteiger partial charge < -0.3 is 10.2 Å². The molecule has 0 radical (unpaired) electrons. The van der Waals surface area contributed by atoms with Crippen LogP contribution in [0.15, 0.2) is 28.4 Å². The third-order valence-electron chi connectivity index (χ3n) is 3.31. The highest BCUT2D eigenvalue weighted by Crippen LogP contribution is 2.54. The van der Waals surface area contributed by atoms with E-state index in [2.05, 4.69) is 26.8 Å². The fourth-order valence-electron chi connectivity index (χ4n) is 2.24. The molecule has 0 aromatic carbocycles. The predicted molar refractivity (Wildman–Crippen MR) is 57.6 cm³/mol. The van der Waals surface area contributed by atoms with Gasteiger partial charge in [0.2, 0.25) is 0 Å². The zero-order valence-corrected chi connectivity index (χ0v) is 8.95. The van der Waals surface area contributed by atoms with Crippen molar-refractivity contribution in [3.8, 4) is 0 Å². The van der Waals surface area contributed by atoms with Gasteiger partial charge >= 0.3 is 0 Å². The number of furan rings is 1. The second-order valence-electron chi connectivity index (χ2n) is 4.73. The minimum absolute atomic E-state index is 0.257. The highest BCUT2D eigenvalue weighted by atomic mass is 16.3. The Hall–Kier alpha value is -1.02. The van der Waals surface area contributed by atoms with Crippen LogP contribution in [0.3, 0.4) is 0 Å². The zero-order valence-electron chi connectivity index (χ0n) is 8.95. The van der Waals surface area contributed by atoms with Gasteiger partial charge in [-0.3, -0.25) is 0 Å². The van der Waals surface area contributed by atoms with Gasteiger partial charge in [-0.25, -0.2) is 0 Å².